The van der Waals surface area contributed by atoms with Gasteiger partial charge in [0.2, 0.25) is 0 Å². The van der Waals surface area contributed by atoms with E-state index in [1.54, 1.807) is 13.8 Å². The summed E-state index contributed by atoms with van der Waals surface area (Å²) < 4.78 is 17.0. The Hall–Kier alpha value is -1.36. The van der Waals surface area contributed by atoms with Crippen molar-refractivity contribution in [1.29, 1.82) is 0 Å². The van der Waals surface area contributed by atoms with Gasteiger partial charge in [-0.2, -0.15) is 0 Å². The summed E-state index contributed by atoms with van der Waals surface area (Å²) in [6.07, 6.45) is 7.66. The maximum absolute atomic E-state index is 12.8. The summed E-state index contributed by atoms with van der Waals surface area (Å²) in [6.45, 7) is 13.0. The molecule has 1 unspecified atom stereocenters. The molecule has 3 atom stereocenters. The summed E-state index contributed by atoms with van der Waals surface area (Å²) in [7, 11) is 0. The predicted molar refractivity (Wildman–Crippen MR) is 107 cm³/mol. The van der Waals surface area contributed by atoms with Crippen LogP contribution in [0.4, 0.5) is 0 Å². The van der Waals surface area contributed by atoms with Gasteiger partial charge in [0.1, 0.15) is 0 Å². The molecule has 0 spiro atoms. The van der Waals surface area contributed by atoms with Crippen molar-refractivity contribution in [2.45, 2.75) is 91.3 Å². The predicted octanol–water partition coefficient (Wildman–Crippen LogP) is 4.58. The number of hydrogen-bond acceptors (Lipinski definition) is 5. The second-order valence-corrected chi connectivity index (χ2v) is 9.77. The summed E-state index contributed by atoms with van der Waals surface area (Å²) in [4.78, 5) is 25.7. The minimum absolute atomic E-state index is 0.0320. The molecule has 1 heterocycles. The SMILES string of the molecule is CCOC(=O)C1(C(=O)OCC)CC=C2C(C)(CC[C@H]3C(C)(C)CCC[C@]23C)O1. The average molecular weight is 393 g/mol. The normalized spacial score (nSPS) is 35.8. The molecular formula is C23H36O5. The molecule has 0 radical (unpaired) electrons. The van der Waals surface area contributed by atoms with Crippen molar-refractivity contribution in [3.8, 4) is 0 Å². The largest absolute Gasteiger partial charge is 0.463 e. The minimum Gasteiger partial charge on any atom is -0.463 e. The zero-order chi connectivity index (χ0) is 20.8. The minimum atomic E-state index is -1.70. The topological polar surface area (TPSA) is 61.8 Å². The van der Waals surface area contributed by atoms with E-state index >= 15 is 0 Å². The van der Waals surface area contributed by atoms with E-state index in [0.717, 1.165) is 19.3 Å². The molecule has 28 heavy (non-hydrogen) atoms. The molecule has 2 saturated carbocycles. The van der Waals surface area contributed by atoms with Crippen molar-refractivity contribution in [1.82, 2.24) is 0 Å². The van der Waals surface area contributed by atoms with E-state index in [9.17, 15) is 9.59 Å². The van der Waals surface area contributed by atoms with Crippen LogP contribution >= 0.6 is 0 Å². The zero-order valence-corrected chi connectivity index (χ0v) is 18.4. The van der Waals surface area contributed by atoms with Crippen LogP contribution in [-0.4, -0.2) is 36.4 Å². The van der Waals surface area contributed by atoms with Crippen LogP contribution in [0.5, 0.6) is 0 Å². The van der Waals surface area contributed by atoms with E-state index in [-0.39, 0.29) is 30.5 Å². The molecule has 0 N–H and O–H groups in total. The molecule has 0 aromatic rings. The third-order valence-corrected chi connectivity index (χ3v) is 7.53. The lowest BCUT2D eigenvalue weighted by Gasteiger charge is -2.61. The van der Waals surface area contributed by atoms with Gasteiger partial charge in [0.15, 0.2) is 0 Å². The van der Waals surface area contributed by atoms with Gasteiger partial charge in [0, 0.05) is 6.42 Å². The van der Waals surface area contributed by atoms with E-state index in [4.69, 9.17) is 14.2 Å². The van der Waals surface area contributed by atoms with Crippen LogP contribution in [0.15, 0.2) is 11.6 Å². The molecule has 2 aliphatic carbocycles. The lowest BCUT2D eigenvalue weighted by molar-refractivity contribution is -0.217. The fraction of sp³-hybridized carbons (Fsp3) is 0.826. The van der Waals surface area contributed by atoms with Crippen molar-refractivity contribution < 1.29 is 23.8 Å². The highest BCUT2D eigenvalue weighted by Gasteiger charge is 2.63. The van der Waals surface area contributed by atoms with Crippen LogP contribution in [-0.2, 0) is 23.8 Å². The third kappa shape index (κ3) is 3.10. The summed E-state index contributed by atoms with van der Waals surface area (Å²) in [5.41, 5.74) is -0.780. The number of fused-ring (bicyclic) bond motifs is 3. The smallest absolute Gasteiger partial charge is 0.350 e. The molecule has 158 valence electrons. The quantitative estimate of drug-likeness (QED) is 0.398. The maximum atomic E-state index is 12.8. The fourth-order valence-corrected chi connectivity index (χ4v) is 6.37. The Balaban J connectivity index is 2.04. The van der Waals surface area contributed by atoms with Crippen LogP contribution in [0.3, 0.4) is 0 Å². The summed E-state index contributed by atoms with van der Waals surface area (Å²) in [6, 6.07) is 0. The molecule has 2 fully saturated rings. The summed E-state index contributed by atoms with van der Waals surface area (Å²) in [5, 5.41) is 0. The second-order valence-electron chi connectivity index (χ2n) is 9.77. The fourth-order valence-electron chi connectivity index (χ4n) is 6.37. The van der Waals surface area contributed by atoms with E-state index in [1.165, 1.54) is 18.4 Å². The highest BCUT2D eigenvalue weighted by molar-refractivity contribution is 6.04. The molecule has 0 aromatic heterocycles. The van der Waals surface area contributed by atoms with Crippen molar-refractivity contribution in [2.75, 3.05) is 13.2 Å². The molecule has 3 aliphatic rings. The monoisotopic (exact) mass is 392 g/mol. The van der Waals surface area contributed by atoms with E-state index < -0.39 is 23.1 Å². The van der Waals surface area contributed by atoms with E-state index in [1.807, 2.05) is 6.92 Å². The molecule has 5 nitrogen and oxygen atoms in total. The number of rotatable bonds is 4. The number of carbonyl (C=O) groups is 2. The first kappa shape index (κ1) is 21.4. The highest BCUT2D eigenvalue weighted by Crippen LogP contribution is 2.64. The third-order valence-electron chi connectivity index (χ3n) is 7.53. The van der Waals surface area contributed by atoms with Crippen LogP contribution < -0.4 is 0 Å². The zero-order valence-electron chi connectivity index (χ0n) is 18.4. The molecule has 5 heteroatoms. The number of esters is 2. The van der Waals surface area contributed by atoms with Gasteiger partial charge >= 0.3 is 11.9 Å². The van der Waals surface area contributed by atoms with Gasteiger partial charge < -0.3 is 14.2 Å². The van der Waals surface area contributed by atoms with Gasteiger partial charge in [-0.15, -0.1) is 0 Å². The Kier molecular flexibility index (Phi) is 5.46. The van der Waals surface area contributed by atoms with Gasteiger partial charge in [-0.25, -0.2) is 9.59 Å². The number of ether oxygens (including phenoxy) is 3. The first-order valence-electron chi connectivity index (χ1n) is 10.8. The molecule has 0 aromatic carbocycles. The van der Waals surface area contributed by atoms with Gasteiger partial charge in [-0.05, 0) is 68.8 Å². The first-order chi connectivity index (χ1) is 13.1. The van der Waals surface area contributed by atoms with Gasteiger partial charge in [0.05, 0.1) is 18.8 Å². The molecule has 0 bridgehead atoms. The van der Waals surface area contributed by atoms with Crippen LogP contribution in [0, 0.1) is 16.7 Å². The van der Waals surface area contributed by atoms with Crippen molar-refractivity contribution >= 4 is 11.9 Å². The molecular weight excluding hydrogens is 356 g/mol. The Morgan fingerprint density at radius 1 is 1.04 bits per heavy atom. The lowest BCUT2D eigenvalue weighted by Crippen LogP contribution is -2.62. The second kappa shape index (κ2) is 7.16. The van der Waals surface area contributed by atoms with Gasteiger partial charge in [-0.3, -0.25) is 0 Å². The standard InChI is InChI=1S/C23H36O5/c1-7-26-18(24)23(19(25)27-8-2)15-11-17-21(5)13-9-12-20(3,4)16(21)10-14-22(17,6)28-23/h11,16H,7-10,12-15H2,1-6H3/t16-,21-,22?/m0/s1. The molecule has 0 saturated heterocycles. The Morgan fingerprint density at radius 3 is 2.21 bits per heavy atom. The van der Waals surface area contributed by atoms with E-state index in [0.29, 0.717) is 5.92 Å². The summed E-state index contributed by atoms with van der Waals surface area (Å²) in [5.74, 6) is -0.697. The highest BCUT2D eigenvalue weighted by atomic mass is 16.6. The maximum Gasteiger partial charge on any atom is 0.350 e. The Morgan fingerprint density at radius 2 is 1.64 bits per heavy atom. The Labute approximate surface area is 169 Å². The van der Waals surface area contributed by atoms with Gasteiger partial charge in [0.25, 0.3) is 5.60 Å². The molecule has 3 rings (SSSR count). The number of carbonyl (C=O) groups excluding carboxylic acids is 2. The molecule has 1 aliphatic heterocycles. The van der Waals surface area contributed by atoms with Crippen molar-refractivity contribution in [3.63, 3.8) is 0 Å². The lowest BCUT2D eigenvalue weighted by atomic mass is 9.47. The Bertz CT molecular complexity index is 660. The van der Waals surface area contributed by atoms with Crippen LogP contribution in [0.2, 0.25) is 0 Å². The van der Waals surface area contributed by atoms with E-state index in [2.05, 4.69) is 26.8 Å². The van der Waals surface area contributed by atoms with Gasteiger partial charge in [-0.1, -0.05) is 33.3 Å². The average Bonchev–Trinajstić information content (AvgIpc) is 2.60. The summed E-state index contributed by atoms with van der Waals surface area (Å²) >= 11 is 0. The number of hydrogen-bond donors (Lipinski definition) is 0. The van der Waals surface area contributed by atoms with Crippen LogP contribution in [0.1, 0.15) is 80.1 Å². The van der Waals surface area contributed by atoms with Crippen molar-refractivity contribution in [3.05, 3.63) is 11.6 Å². The van der Waals surface area contributed by atoms with Crippen LogP contribution in [0.25, 0.3) is 0 Å². The molecule has 0 amide bonds. The first-order valence-corrected chi connectivity index (χ1v) is 10.8. The van der Waals surface area contributed by atoms with Crippen molar-refractivity contribution in [2.24, 2.45) is 16.7 Å².